The first-order chi connectivity index (χ1) is 17.0. The maximum Gasteiger partial charge on any atom is 0.443 e. The number of ether oxygens (including phenoxy) is 1. The lowest BCUT2D eigenvalue weighted by Gasteiger charge is -2.42. The quantitative estimate of drug-likeness (QED) is 0.358. The van der Waals surface area contributed by atoms with Gasteiger partial charge in [0.25, 0.3) is 0 Å². The molecule has 1 unspecified atom stereocenters. The zero-order valence-electron chi connectivity index (χ0n) is 19.2. The first kappa shape index (κ1) is 25.3. The Morgan fingerprint density at radius 1 is 0.722 bits per heavy atom. The highest BCUT2D eigenvalue weighted by molar-refractivity contribution is 6.16. The third kappa shape index (κ3) is 4.43. The standard InChI is InChI=1S/C26H21F6N3O/c1-17(18-10-5-3-6-11-18)35-22(19-12-7-4-8-13-19)33-24(25(27,28)29,26(30,31)32)34-23(35)20-14-9-15-21(16-20)36-2/h3-17H,1-2H3. The molecule has 0 fully saturated rings. The molecule has 0 radical (unpaired) electrons. The highest BCUT2D eigenvalue weighted by atomic mass is 19.4. The molecule has 10 heteroatoms. The summed E-state index contributed by atoms with van der Waals surface area (Å²) in [6.07, 6.45) is -11.7. The lowest BCUT2D eigenvalue weighted by Crippen LogP contribution is -2.59. The predicted molar refractivity (Wildman–Crippen MR) is 124 cm³/mol. The van der Waals surface area contributed by atoms with Crippen molar-refractivity contribution in [2.24, 2.45) is 9.98 Å². The minimum atomic E-state index is -5.86. The van der Waals surface area contributed by atoms with Gasteiger partial charge in [-0.3, -0.25) is 0 Å². The smallest absolute Gasteiger partial charge is 0.443 e. The second-order valence-corrected chi connectivity index (χ2v) is 8.09. The van der Waals surface area contributed by atoms with Crippen LogP contribution in [0.25, 0.3) is 0 Å². The molecule has 3 aromatic carbocycles. The van der Waals surface area contributed by atoms with Crippen molar-refractivity contribution >= 4 is 11.7 Å². The van der Waals surface area contributed by atoms with Gasteiger partial charge in [-0.05, 0) is 24.6 Å². The van der Waals surface area contributed by atoms with Crippen molar-refractivity contribution in [1.29, 1.82) is 0 Å². The average Bonchev–Trinajstić information content (AvgIpc) is 2.87. The fraction of sp³-hybridized carbons (Fsp3) is 0.231. The van der Waals surface area contributed by atoms with Crippen molar-refractivity contribution in [3.8, 4) is 5.75 Å². The molecule has 1 aliphatic rings. The van der Waals surface area contributed by atoms with Crippen LogP contribution in [0.1, 0.15) is 29.7 Å². The summed E-state index contributed by atoms with van der Waals surface area (Å²) < 4.78 is 90.9. The SMILES string of the molecule is COc1cccc(C2=NC(C(F)(F)F)(C(F)(F)F)N=C(c3ccccc3)N2C(C)c2ccccc2)c1. The summed E-state index contributed by atoms with van der Waals surface area (Å²) >= 11 is 0. The largest absolute Gasteiger partial charge is 0.497 e. The first-order valence-electron chi connectivity index (χ1n) is 10.9. The number of alkyl halides is 6. The van der Waals surface area contributed by atoms with Crippen molar-refractivity contribution < 1.29 is 31.1 Å². The van der Waals surface area contributed by atoms with Crippen LogP contribution in [-0.4, -0.2) is 41.7 Å². The summed E-state index contributed by atoms with van der Waals surface area (Å²) in [5.41, 5.74) is -3.97. The normalized spacial score (nSPS) is 16.7. The van der Waals surface area contributed by atoms with E-state index in [-0.39, 0.29) is 16.9 Å². The lowest BCUT2D eigenvalue weighted by molar-refractivity contribution is -0.293. The summed E-state index contributed by atoms with van der Waals surface area (Å²) in [6.45, 7) is 1.66. The zero-order valence-corrected chi connectivity index (χ0v) is 19.2. The number of halogens is 6. The van der Waals surface area contributed by atoms with E-state index in [9.17, 15) is 26.3 Å². The molecule has 0 N–H and O–H groups in total. The number of hydrogen-bond acceptors (Lipinski definition) is 4. The molecular weight excluding hydrogens is 484 g/mol. The molecule has 188 valence electrons. The molecule has 0 spiro atoms. The maximum absolute atomic E-state index is 14.3. The Kier molecular flexibility index (Phi) is 6.55. The zero-order chi connectivity index (χ0) is 26.1. The fourth-order valence-corrected chi connectivity index (χ4v) is 3.96. The van der Waals surface area contributed by atoms with Crippen molar-refractivity contribution in [2.45, 2.75) is 31.0 Å². The number of benzene rings is 3. The van der Waals surface area contributed by atoms with E-state index in [1.807, 2.05) is 0 Å². The van der Waals surface area contributed by atoms with Gasteiger partial charge in [-0.2, -0.15) is 26.3 Å². The fourth-order valence-electron chi connectivity index (χ4n) is 3.96. The molecule has 4 nitrogen and oxygen atoms in total. The van der Waals surface area contributed by atoms with Gasteiger partial charge >= 0.3 is 18.0 Å². The molecule has 36 heavy (non-hydrogen) atoms. The van der Waals surface area contributed by atoms with Gasteiger partial charge in [0.2, 0.25) is 0 Å². The highest BCUT2D eigenvalue weighted by Crippen LogP contribution is 2.50. The number of rotatable bonds is 5. The second-order valence-electron chi connectivity index (χ2n) is 8.09. The summed E-state index contributed by atoms with van der Waals surface area (Å²) in [6, 6.07) is 21.1. The number of methoxy groups -OCH3 is 1. The van der Waals surface area contributed by atoms with Crippen LogP contribution in [-0.2, 0) is 0 Å². The van der Waals surface area contributed by atoms with Crippen LogP contribution in [0.3, 0.4) is 0 Å². The molecule has 0 amide bonds. The summed E-state index contributed by atoms with van der Waals surface area (Å²) in [4.78, 5) is 8.00. The van der Waals surface area contributed by atoms with Gasteiger partial charge in [0.15, 0.2) is 0 Å². The van der Waals surface area contributed by atoms with E-state index in [1.165, 1.54) is 60.5 Å². The summed E-state index contributed by atoms with van der Waals surface area (Å²) in [5.74, 6) is -0.793. The molecule has 1 aliphatic heterocycles. The van der Waals surface area contributed by atoms with E-state index >= 15 is 0 Å². The van der Waals surface area contributed by atoms with Crippen LogP contribution in [0.4, 0.5) is 26.3 Å². The van der Waals surface area contributed by atoms with Gasteiger partial charge in [0, 0.05) is 11.1 Å². The van der Waals surface area contributed by atoms with Crippen molar-refractivity contribution in [2.75, 3.05) is 7.11 Å². The number of nitrogens with zero attached hydrogens (tertiary/aromatic N) is 3. The van der Waals surface area contributed by atoms with Gasteiger partial charge in [-0.1, -0.05) is 72.8 Å². The van der Waals surface area contributed by atoms with Gasteiger partial charge in [0.05, 0.1) is 13.2 Å². The Morgan fingerprint density at radius 3 is 1.75 bits per heavy atom. The molecule has 0 saturated heterocycles. The van der Waals surface area contributed by atoms with Gasteiger partial charge < -0.3 is 9.64 Å². The van der Waals surface area contributed by atoms with Crippen LogP contribution in [0, 0.1) is 0 Å². The Bertz CT molecular complexity index is 1260. The number of amidine groups is 2. The number of aliphatic imine (C=N–C) groups is 2. The molecule has 1 atom stereocenters. The molecule has 4 rings (SSSR count). The monoisotopic (exact) mass is 505 g/mol. The van der Waals surface area contributed by atoms with Crippen LogP contribution >= 0.6 is 0 Å². The molecule has 3 aromatic rings. The van der Waals surface area contributed by atoms with Gasteiger partial charge in [-0.15, -0.1) is 0 Å². The average molecular weight is 505 g/mol. The summed E-state index contributed by atoms with van der Waals surface area (Å²) in [7, 11) is 1.35. The molecule has 1 heterocycles. The topological polar surface area (TPSA) is 37.2 Å². The van der Waals surface area contributed by atoms with E-state index in [1.54, 1.807) is 43.3 Å². The van der Waals surface area contributed by atoms with Crippen LogP contribution in [0.15, 0.2) is 94.9 Å². The van der Waals surface area contributed by atoms with E-state index in [4.69, 9.17) is 4.74 Å². The van der Waals surface area contributed by atoms with Crippen molar-refractivity contribution in [3.63, 3.8) is 0 Å². The van der Waals surface area contributed by atoms with Crippen LogP contribution < -0.4 is 4.74 Å². The number of hydrogen-bond donors (Lipinski definition) is 0. The van der Waals surface area contributed by atoms with E-state index in [2.05, 4.69) is 9.98 Å². The first-order valence-corrected chi connectivity index (χ1v) is 10.9. The Morgan fingerprint density at radius 2 is 1.22 bits per heavy atom. The van der Waals surface area contributed by atoms with Gasteiger partial charge in [-0.25, -0.2) is 9.98 Å². The summed E-state index contributed by atoms with van der Waals surface area (Å²) in [5, 5.41) is 0. The van der Waals surface area contributed by atoms with Gasteiger partial charge in [0.1, 0.15) is 17.4 Å². The lowest BCUT2D eigenvalue weighted by atomic mass is 10.00. The highest BCUT2D eigenvalue weighted by Gasteiger charge is 2.74. The van der Waals surface area contributed by atoms with Crippen LogP contribution in [0.2, 0.25) is 0 Å². The minimum absolute atomic E-state index is 0.0123. The van der Waals surface area contributed by atoms with Crippen molar-refractivity contribution in [3.05, 3.63) is 102 Å². The van der Waals surface area contributed by atoms with E-state index in [0.29, 0.717) is 5.56 Å². The second kappa shape index (κ2) is 9.33. The van der Waals surface area contributed by atoms with Crippen LogP contribution in [0.5, 0.6) is 5.75 Å². The maximum atomic E-state index is 14.3. The predicted octanol–water partition coefficient (Wildman–Crippen LogP) is 6.79. The Balaban J connectivity index is 2.08. The van der Waals surface area contributed by atoms with E-state index < -0.39 is 35.7 Å². The third-order valence-electron chi connectivity index (χ3n) is 5.81. The third-order valence-corrected chi connectivity index (χ3v) is 5.81. The minimum Gasteiger partial charge on any atom is -0.497 e. The molecular formula is C26H21F6N3O. The molecule has 0 aliphatic carbocycles. The Labute approximate surface area is 203 Å². The van der Waals surface area contributed by atoms with E-state index in [0.717, 1.165) is 0 Å². The van der Waals surface area contributed by atoms with Crippen molar-refractivity contribution in [1.82, 2.24) is 4.90 Å². The molecule has 0 aromatic heterocycles. The molecule has 0 saturated carbocycles. The Hall–Kier alpha value is -3.82. The molecule has 0 bridgehead atoms.